The molecular formula is C11H21NO4S. The van der Waals surface area contributed by atoms with Crippen LogP contribution in [0.1, 0.15) is 19.8 Å². The van der Waals surface area contributed by atoms with Crippen molar-refractivity contribution in [1.29, 1.82) is 0 Å². The van der Waals surface area contributed by atoms with Crippen LogP contribution in [-0.2, 0) is 19.5 Å². The minimum Gasteiger partial charge on any atom is -0.381 e. The zero-order chi connectivity index (χ0) is 12.7. The zero-order valence-corrected chi connectivity index (χ0v) is 11.1. The van der Waals surface area contributed by atoms with Gasteiger partial charge in [-0.2, -0.15) is 0 Å². The molecule has 1 rings (SSSR count). The molecule has 0 amide bonds. The Morgan fingerprint density at radius 2 is 2.12 bits per heavy atom. The van der Waals surface area contributed by atoms with Crippen molar-refractivity contribution >= 4 is 10.0 Å². The normalized spacial score (nSPS) is 18.2. The highest BCUT2D eigenvalue weighted by molar-refractivity contribution is 7.90. The van der Waals surface area contributed by atoms with E-state index in [4.69, 9.17) is 9.47 Å². The van der Waals surface area contributed by atoms with Crippen LogP contribution in [0.3, 0.4) is 0 Å². The maximum Gasteiger partial charge on any atom is 0.214 e. The summed E-state index contributed by atoms with van der Waals surface area (Å²) in [4.78, 5) is 0. The first kappa shape index (κ1) is 14.6. The maximum atomic E-state index is 11.8. The van der Waals surface area contributed by atoms with Crippen molar-refractivity contribution in [3.8, 4) is 0 Å². The van der Waals surface area contributed by atoms with Gasteiger partial charge in [-0.25, -0.2) is 13.1 Å². The average molecular weight is 263 g/mol. The third-order valence-electron chi connectivity index (χ3n) is 2.51. The summed E-state index contributed by atoms with van der Waals surface area (Å²) in [6, 6.07) is 0. The molecule has 0 aliphatic carbocycles. The Morgan fingerprint density at radius 3 is 2.71 bits per heavy atom. The monoisotopic (exact) mass is 263 g/mol. The van der Waals surface area contributed by atoms with Crippen LogP contribution in [0.4, 0.5) is 0 Å². The first-order valence-electron chi connectivity index (χ1n) is 5.81. The Kier molecular flexibility index (Phi) is 6.11. The van der Waals surface area contributed by atoms with Gasteiger partial charge in [0.2, 0.25) is 10.0 Å². The van der Waals surface area contributed by atoms with Crippen molar-refractivity contribution in [2.45, 2.75) is 25.0 Å². The lowest BCUT2D eigenvalue weighted by atomic mass is 10.2. The fraction of sp³-hybridized carbons (Fsp3) is 0.818. The smallest absolute Gasteiger partial charge is 0.214 e. The molecule has 100 valence electrons. The van der Waals surface area contributed by atoms with Crippen LogP contribution in [0, 0.1) is 0 Å². The van der Waals surface area contributed by atoms with Gasteiger partial charge in [-0.15, -0.1) is 0 Å². The number of hydrogen-bond acceptors (Lipinski definition) is 4. The first-order chi connectivity index (χ1) is 8.02. The molecule has 6 heteroatoms. The Balaban J connectivity index is 2.22. The van der Waals surface area contributed by atoms with Gasteiger partial charge in [0.15, 0.2) is 0 Å². The van der Waals surface area contributed by atoms with E-state index in [1.807, 2.05) is 6.92 Å². The van der Waals surface area contributed by atoms with E-state index < -0.39 is 10.0 Å². The lowest BCUT2D eigenvalue weighted by molar-refractivity contribution is 0.0980. The van der Waals surface area contributed by atoms with E-state index in [1.54, 1.807) is 0 Å². The molecule has 1 aliphatic rings. The van der Waals surface area contributed by atoms with Crippen molar-refractivity contribution in [3.05, 3.63) is 12.2 Å². The second kappa shape index (κ2) is 7.10. The number of hydrogen-bond donors (Lipinski definition) is 1. The third-order valence-corrected chi connectivity index (χ3v) is 4.46. The van der Waals surface area contributed by atoms with Gasteiger partial charge in [0.05, 0.1) is 18.5 Å². The van der Waals surface area contributed by atoms with Gasteiger partial charge in [-0.05, 0) is 19.8 Å². The Hall–Kier alpha value is -0.430. The molecule has 0 aromatic carbocycles. The number of sulfonamides is 1. The highest BCUT2D eigenvalue weighted by Crippen LogP contribution is 2.14. The van der Waals surface area contributed by atoms with E-state index in [1.165, 1.54) is 0 Å². The molecule has 0 bridgehead atoms. The summed E-state index contributed by atoms with van der Waals surface area (Å²) < 4.78 is 36.6. The minimum absolute atomic E-state index is 0.312. The number of rotatable bonds is 7. The van der Waals surface area contributed by atoms with Crippen LogP contribution < -0.4 is 4.72 Å². The molecule has 0 saturated carbocycles. The molecule has 1 fully saturated rings. The molecule has 17 heavy (non-hydrogen) atoms. The molecule has 1 heterocycles. The topological polar surface area (TPSA) is 64.6 Å². The molecule has 1 aliphatic heterocycles. The second-order valence-corrected chi connectivity index (χ2v) is 6.31. The molecule has 0 spiro atoms. The predicted molar refractivity (Wildman–Crippen MR) is 66.4 cm³/mol. The summed E-state index contributed by atoms with van der Waals surface area (Å²) in [5.41, 5.74) is 0.928. The molecule has 0 atom stereocenters. The predicted octanol–water partition coefficient (Wildman–Crippen LogP) is 0.678. The summed E-state index contributed by atoms with van der Waals surface area (Å²) >= 11 is 0. The van der Waals surface area contributed by atoms with Crippen molar-refractivity contribution in [2.75, 3.05) is 33.0 Å². The van der Waals surface area contributed by atoms with E-state index in [9.17, 15) is 8.42 Å². The standard InChI is InChI=1S/C11H21NO4S/c1-10(2)9-16-8-5-12-17(13,14)11-3-6-15-7-4-11/h11-12H,1,3-9H2,2H3. The third kappa shape index (κ3) is 5.63. The Bertz CT molecular complexity index is 333. The first-order valence-corrected chi connectivity index (χ1v) is 7.35. The van der Waals surface area contributed by atoms with Gasteiger partial charge in [0.25, 0.3) is 0 Å². The van der Waals surface area contributed by atoms with Crippen LogP contribution in [0.25, 0.3) is 0 Å². The van der Waals surface area contributed by atoms with Crippen molar-refractivity contribution in [3.63, 3.8) is 0 Å². The molecule has 0 radical (unpaired) electrons. The fourth-order valence-corrected chi connectivity index (χ4v) is 3.02. The van der Waals surface area contributed by atoms with E-state index in [0.29, 0.717) is 45.8 Å². The van der Waals surface area contributed by atoms with Crippen LogP contribution in [-0.4, -0.2) is 46.6 Å². The van der Waals surface area contributed by atoms with Crippen molar-refractivity contribution in [2.24, 2.45) is 0 Å². The summed E-state index contributed by atoms with van der Waals surface area (Å²) in [5, 5.41) is -0.322. The van der Waals surface area contributed by atoms with E-state index >= 15 is 0 Å². The Labute approximate surface area is 103 Å². The molecule has 0 aromatic heterocycles. The largest absolute Gasteiger partial charge is 0.381 e. The highest BCUT2D eigenvalue weighted by Gasteiger charge is 2.26. The Morgan fingerprint density at radius 1 is 1.47 bits per heavy atom. The van der Waals surface area contributed by atoms with Gasteiger partial charge >= 0.3 is 0 Å². The average Bonchev–Trinajstić information content (AvgIpc) is 2.29. The van der Waals surface area contributed by atoms with E-state index in [-0.39, 0.29) is 5.25 Å². The van der Waals surface area contributed by atoms with Gasteiger partial charge in [-0.1, -0.05) is 12.2 Å². The van der Waals surface area contributed by atoms with Crippen LogP contribution in [0.15, 0.2) is 12.2 Å². The van der Waals surface area contributed by atoms with Crippen molar-refractivity contribution in [1.82, 2.24) is 4.72 Å². The quantitative estimate of drug-likeness (QED) is 0.542. The molecular weight excluding hydrogens is 242 g/mol. The van der Waals surface area contributed by atoms with Gasteiger partial charge < -0.3 is 9.47 Å². The molecule has 0 unspecified atom stereocenters. The summed E-state index contributed by atoms with van der Waals surface area (Å²) in [7, 11) is -3.22. The highest BCUT2D eigenvalue weighted by atomic mass is 32.2. The van der Waals surface area contributed by atoms with Gasteiger partial charge in [0, 0.05) is 19.8 Å². The summed E-state index contributed by atoms with van der Waals surface area (Å²) in [5.74, 6) is 0. The number of ether oxygens (including phenoxy) is 2. The summed E-state index contributed by atoms with van der Waals surface area (Å²) in [6.07, 6.45) is 1.14. The SMILES string of the molecule is C=C(C)COCCNS(=O)(=O)C1CCOCC1. The molecule has 0 aromatic rings. The number of nitrogens with one attached hydrogen (secondary N) is 1. The van der Waals surface area contributed by atoms with Crippen molar-refractivity contribution < 1.29 is 17.9 Å². The van der Waals surface area contributed by atoms with E-state index in [2.05, 4.69) is 11.3 Å². The maximum absolute atomic E-state index is 11.8. The lowest BCUT2D eigenvalue weighted by Crippen LogP contribution is -2.39. The fourth-order valence-electron chi connectivity index (χ4n) is 1.61. The van der Waals surface area contributed by atoms with Gasteiger partial charge in [0.1, 0.15) is 0 Å². The van der Waals surface area contributed by atoms with Crippen LogP contribution in [0.5, 0.6) is 0 Å². The van der Waals surface area contributed by atoms with E-state index in [0.717, 1.165) is 5.57 Å². The van der Waals surface area contributed by atoms with Crippen LogP contribution >= 0.6 is 0 Å². The molecule has 5 nitrogen and oxygen atoms in total. The van der Waals surface area contributed by atoms with Gasteiger partial charge in [-0.3, -0.25) is 0 Å². The molecule has 1 saturated heterocycles. The lowest BCUT2D eigenvalue weighted by Gasteiger charge is -2.22. The molecule has 1 N–H and O–H groups in total. The van der Waals surface area contributed by atoms with Crippen LogP contribution in [0.2, 0.25) is 0 Å². The summed E-state index contributed by atoms with van der Waals surface area (Å²) in [6.45, 7) is 7.77. The zero-order valence-electron chi connectivity index (χ0n) is 10.3. The minimum atomic E-state index is -3.22. The second-order valence-electron chi connectivity index (χ2n) is 4.26.